The fraction of sp³-hybridized carbons (Fsp3) is 0.222. The van der Waals surface area contributed by atoms with Gasteiger partial charge >= 0.3 is 0 Å². The molecule has 0 bridgehead atoms. The van der Waals surface area contributed by atoms with Crippen molar-refractivity contribution in [1.29, 1.82) is 0 Å². The van der Waals surface area contributed by atoms with Crippen LogP contribution in [-0.2, 0) is 10.0 Å². The Bertz CT molecular complexity index is 558. The lowest BCUT2D eigenvalue weighted by Gasteiger charge is -2.10. The molecule has 4 nitrogen and oxygen atoms in total. The topological polar surface area (TPSA) is 72.2 Å². The monoisotopic (exact) mass is 312 g/mol. The number of rotatable bonds is 4. The molecule has 94 valence electrons. The van der Waals surface area contributed by atoms with E-state index in [0.29, 0.717) is 5.02 Å². The maximum atomic E-state index is 11.6. The van der Waals surface area contributed by atoms with Gasteiger partial charge in [0.1, 0.15) is 5.75 Å². The zero-order chi connectivity index (χ0) is 13.2. The van der Waals surface area contributed by atoms with Gasteiger partial charge in [-0.1, -0.05) is 35.4 Å². The van der Waals surface area contributed by atoms with E-state index >= 15 is 0 Å². The number of halogens is 2. The summed E-state index contributed by atoms with van der Waals surface area (Å²) in [4.78, 5) is -0.119. The molecule has 1 aromatic rings. The lowest BCUT2D eigenvalue weighted by atomic mass is 10.2. The molecule has 0 saturated heterocycles. The molecule has 0 radical (unpaired) electrons. The van der Waals surface area contributed by atoms with Crippen molar-refractivity contribution >= 4 is 56.1 Å². The number of hydrogen-bond acceptors (Lipinski definition) is 3. The van der Waals surface area contributed by atoms with E-state index in [1.54, 1.807) is 13.0 Å². The summed E-state index contributed by atoms with van der Waals surface area (Å²) in [6.07, 6.45) is 0. The lowest BCUT2D eigenvalue weighted by Crippen LogP contribution is -2.26. The van der Waals surface area contributed by atoms with E-state index in [1.165, 1.54) is 6.07 Å². The Hall–Kier alpha value is -0.560. The molecule has 0 amide bonds. The molecule has 0 aliphatic carbocycles. The van der Waals surface area contributed by atoms with E-state index in [9.17, 15) is 8.42 Å². The minimum atomic E-state index is -3.65. The number of benzene rings is 1. The van der Waals surface area contributed by atoms with Gasteiger partial charge in [0.15, 0.2) is 0 Å². The van der Waals surface area contributed by atoms with E-state index in [-0.39, 0.29) is 15.7 Å². The highest BCUT2D eigenvalue weighted by Gasteiger charge is 2.14. The number of nitrogens with two attached hydrogens (primary N) is 1. The van der Waals surface area contributed by atoms with Crippen LogP contribution in [0.5, 0.6) is 0 Å². The second-order valence-corrected chi connectivity index (χ2v) is 6.47. The van der Waals surface area contributed by atoms with Gasteiger partial charge in [0.2, 0.25) is 10.0 Å². The third-order valence-electron chi connectivity index (χ3n) is 1.85. The highest BCUT2D eigenvalue weighted by atomic mass is 35.5. The summed E-state index contributed by atoms with van der Waals surface area (Å²) in [6.45, 7) is 1.77. The molecule has 0 saturated carbocycles. The van der Waals surface area contributed by atoms with Gasteiger partial charge in [-0.05, 0) is 24.6 Å². The fourth-order valence-corrected chi connectivity index (χ4v) is 3.02. The quantitative estimate of drug-likeness (QED) is 0.837. The highest BCUT2D eigenvalue weighted by Crippen LogP contribution is 2.29. The van der Waals surface area contributed by atoms with Crippen LogP contribution in [0.1, 0.15) is 5.56 Å². The van der Waals surface area contributed by atoms with E-state index in [1.807, 2.05) is 0 Å². The zero-order valence-corrected chi connectivity index (χ0v) is 12.0. The van der Waals surface area contributed by atoms with Crippen molar-refractivity contribution in [2.24, 2.45) is 5.73 Å². The largest absolute Gasteiger partial charge is 0.392 e. The molecule has 0 unspecified atom stereocenters. The third-order valence-corrected chi connectivity index (χ3v) is 4.11. The predicted molar refractivity (Wildman–Crippen MR) is 75.4 cm³/mol. The second kappa shape index (κ2) is 5.39. The van der Waals surface area contributed by atoms with E-state index in [0.717, 1.165) is 5.56 Å². The van der Waals surface area contributed by atoms with E-state index < -0.39 is 15.8 Å². The summed E-state index contributed by atoms with van der Waals surface area (Å²) < 4.78 is 25.4. The molecule has 8 heteroatoms. The molecule has 0 heterocycles. The lowest BCUT2D eigenvalue weighted by molar-refractivity contribution is 0.605. The molecule has 0 aliphatic rings. The fourth-order valence-electron chi connectivity index (χ4n) is 1.12. The minimum absolute atomic E-state index is 0.119. The van der Waals surface area contributed by atoms with Crippen LogP contribution in [-0.4, -0.2) is 19.2 Å². The Labute approximate surface area is 115 Å². The first-order chi connectivity index (χ1) is 7.71. The molecular weight excluding hydrogens is 303 g/mol. The summed E-state index contributed by atoms with van der Waals surface area (Å²) >= 11 is 16.3. The number of nitrogens with one attached hydrogen (secondary N) is 1. The smallest absolute Gasteiger partial charge is 0.239 e. The molecule has 0 atom stereocenters. The van der Waals surface area contributed by atoms with Crippen molar-refractivity contribution in [2.45, 2.75) is 6.92 Å². The summed E-state index contributed by atoms with van der Waals surface area (Å²) in [5.74, 6) is -0.440. The highest BCUT2D eigenvalue weighted by molar-refractivity contribution is 7.95. The normalized spacial score (nSPS) is 11.2. The SMILES string of the molecule is Cc1cc(Cl)c(NS(=O)(=O)CC(N)=S)cc1Cl. The Kier molecular flexibility index (Phi) is 4.60. The van der Waals surface area contributed by atoms with Crippen molar-refractivity contribution < 1.29 is 8.42 Å². The number of thiocarbonyl (C=S) groups is 1. The van der Waals surface area contributed by atoms with Gasteiger partial charge in [-0.15, -0.1) is 0 Å². The van der Waals surface area contributed by atoms with Crippen LogP contribution in [0.25, 0.3) is 0 Å². The van der Waals surface area contributed by atoms with Gasteiger partial charge < -0.3 is 5.73 Å². The first-order valence-electron chi connectivity index (χ1n) is 4.46. The summed E-state index contributed by atoms with van der Waals surface area (Å²) in [7, 11) is -3.65. The number of sulfonamides is 1. The average Bonchev–Trinajstić information content (AvgIpc) is 2.11. The molecular formula is C9H10Cl2N2O2S2. The summed E-state index contributed by atoms with van der Waals surface area (Å²) in [5, 5.41) is 0.681. The summed E-state index contributed by atoms with van der Waals surface area (Å²) in [5.41, 5.74) is 6.14. The Balaban J connectivity index is 3.04. The van der Waals surface area contributed by atoms with E-state index in [4.69, 9.17) is 28.9 Å². The van der Waals surface area contributed by atoms with Gasteiger partial charge in [-0.2, -0.15) is 0 Å². The van der Waals surface area contributed by atoms with Crippen molar-refractivity contribution in [3.8, 4) is 0 Å². The van der Waals surface area contributed by atoms with E-state index in [2.05, 4.69) is 16.9 Å². The third kappa shape index (κ3) is 4.31. The van der Waals surface area contributed by atoms with Crippen LogP contribution in [0, 0.1) is 6.92 Å². The van der Waals surface area contributed by atoms with Gasteiger partial charge in [-0.3, -0.25) is 4.72 Å². The van der Waals surface area contributed by atoms with Crippen molar-refractivity contribution in [1.82, 2.24) is 0 Å². The van der Waals surface area contributed by atoms with Crippen LogP contribution in [0.15, 0.2) is 12.1 Å². The second-order valence-electron chi connectivity index (χ2n) is 3.41. The molecule has 0 spiro atoms. The number of anilines is 1. The average molecular weight is 313 g/mol. The Morgan fingerprint density at radius 1 is 1.41 bits per heavy atom. The van der Waals surface area contributed by atoms with Crippen LogP contribution in [0.3, 0.4) is 0 Å². The first kappa shape index (κ1) is 14.5. The Morgan fingerprint density at radius 2 is 2.00 bits per heavy atom. The van der Waals surface area contributed by atoms with Gasteiger partial charge in [0.25, 0.3) is 0 Å². The predicted octanol–water partition coefficient (Wildman–Crippen LogP) is 2.33. The molecule has 0 fully saturated rings. The van der Waals surface area contributed by atoms with Crippen LogP contribution >= 0.6 is 35.4 Å². The minimum Gasteiger partial charge on any atom is -0.392 e. The van der Waals surface area contributed by atoms with Gasteiger partial charge in [0, 0.05) is 5.02 Å². The maximum absolute atomic E-state index is 11.6. The zero-order valence-electron chi connectivity index (χ0n) is 8.83. The summed E-state index contributed by atoms with van der Waals surface area (Å²) in [6, 6.07) is 3.01. The molecule has 0 aliphatic heterocycles. The number of aryl methyl sites for hydroxylation is 1. The maximum Gasteiger partial charge on any atom is 0.239 e. The molecule has 1 rings (SSSR count). The van der Waals surface area contributed by atoms with Crippen molar-refractivity contribution in [2.75, 3.05) is 10.5 Å². The van der Waals surface area contributed by atoms with Crippen LogP contribution in [0.4, 0.5) is 5.69 Å². The van der Waals surface area contributed by atoms with Gasteiger partial charge in [-0.25, -0.2) is 8.42 Å². The number of hydrogen-bond donors (Lipinski definition) is 2. The molecule has 1 aromatic carbocycles. The van der Waals surface area contributed by atoms with Crippen molar-refractivity contribution in [3.05, 3.63) is 27.7 Å². The van der Waals surface area contributed by atoms with Crippen LogP contribution < -0.4 is 10.5 Å². The first-order valence-corrected chi connectivity index (χ1v) is 7.27. The van der Waals surface area contributed by atoms with Gasteiger partial charge in [0.05, 0.1) is 15.7 Å². The standard InChI is InChI=1S/C9H10Cl2N2O2S2/c1-5-2-7(11)8(3-6(5)10)13-17(14,15)4-9(12)16/h2-3,13H,4H2,1H3,(H2,12,16). The van der Waals surface area contributed by atoms with Crippen molar-refractivity contribution in [3.63, 3.8) is 0 Å². The van der Waals surface area contributed by atoms with Crippen LogP contribution in [0.2, 0.25) is 10.0 Å². The molecule has 17 heavy (non-hydrogen) atoms. The molecule has 0 aromatic heterocycles. The Morgan fingerprint density at radius 3 is 2.53 bits per heavy atom. The molecule has 3 N–H and O–H groups in total.